The quantitative estimate of drug-likeness (QED) is 0.605. The zero-order chi connectivity index (χ0) is 12.7. The molecular weight excluding hydrogens is 230 g/mol. The van der Waals surface area contributed by atoms with E-state index in [-0.39, 0.29) is 35.1 Å². The number of amides is 2. The maximum atomic E-state index is 12.3. The van der Waals surface area contributed by atoms with Crippen LogP contribution in [-0.2, 0) is 9.59 Å². The normalized spacial score (nSPS) is 26.6. The molecule has 1 N–H and O–H groups in total. The molecule has 18 heavy (non-hydrogen) atoms. The fourth-order valence-corrected chi connectivity index (χ4v) is 2.68. The minimum absolute atomic E-state index is 0.0400. The van der Waals surface area contributed by atoms with Gasteiger partial charge in [-0.2, -0.15) is 0 Å². The van der Waals surface area contributed by atoms with Gasteiger partial charge in [-0.1, -0.05) is 24.3 Å². The van der Waals surface area contributed by atoms with Gasteiger partial charge in [0.15, 0.2) is 0 Å². The topological polar surface area (TPSA) is 57.6 Å². The van der Waals surface area contributed by atoms with Crippen LogP contribution in [0.3, 0.4) is 0 Å². The third kappa shape index (κ3) is 1.45. The van der Waals surface area contributed by atoms with Crippen LogP contribution >= 0.6 is 0 Å². The molecule has 0 saturated carbocycles. The van der Waals surface area contributed by atoms with Crippen LogP contribution in [0.15, 0.2) is 36.4 Å². The van der Waals surface area contributed by atoms with Gasteiger partial charge in [-0.25, -0.2) is 4.90 Å². The SMILES string of the molecule is O=C1C2C=CCCC2C(=O)N1c1ccccc1O. The van der Waals surface area contributed by atoms with E-state index in [2.05, 4.69) is 0 Å². The molecule has 4 nitrogen and oxygen atoms in total. The summed E-state index contributed by atoms with van der Waals surface area (Å²) in [5.41, 5.74) is 0.287. The van der Waals surface area contributed by atoms with Crippen LogP contribution in [0.25, 0.3) is 0 Å². The summed E-state index contributed by atoms with van der Waals surface area (Å²) in [5.74, 6) is -1.09. The highest BCUT2D eigenvalue weighted by Gasteiger charge is 2.47. The molecule has 2 amide bonds. The van der Waals surface area contributed by atoms with E-state index < -0.39 is 0 Å². The van der Waals surface area contributed by atoms with E-state index in [1.54, 1.807) is 18.2 Å². The highest BCUT2D eigenvalue weighted by atomic mass is 16.3. The minimum Gasteiger partial charge on any atom is -0.506 e. The molecule has 1 aromatic rings. The number of phenolic OH excluding ortho intramolecular Hbond substituents is 1. The lowest BCUT2D eigenvalue weighted by molar-refractivity contribution is -0.122. The van der Waals surface area contributed by atoms with E-state index in [0.29, 0.717) is 6.42 Å². The van der Waals surface area contributed by atoms with Crippen LogP contribution in [-0.4, -0.2) is 16.9 Å². The molecule has 2 unspecified atom stereocenters. The molecule has 1 heterocycles. The Morgan fingerprint density at radius 2 is 1.94 bits per heavy atom. The van der Waals surface area contributed by atoms with Gasteiger partial charge >= 0.3 is 0 Å². The van der Waals surface area contributed by atoms with Crippen molar-refractivity contribution in [1.29, 1.82) is 0 Å². The zero-order valence-electron chi connectivity index (χ0n) is 9.74. The number of hydrogen-bond acceptors (Lipinski definition) is 3. The smallest absolute Gasteiger partial charge is 0.241 e. The fourth-order valence-electron chi connectivity index (χ4n) is 2.68. The number of carbonyl (C=O) groups is 2. The summed E-state index contributed by atoms with van der Waals surface area (Å²) in [6.45, 7) is 0. The molecule has 4 heteroatoms. The lowest BCUT2D eigenvalue weighted by atomic mass is 9.86. The van der Waals surface area contributed by atoms with E-state index in [1.165, 1.54) is 6.07 Å². The Kier molecular flexibility index (Phi) is 2.44. The summed E-state index contributed by atoms with van der Waals surface area (Å²) < 4.78 is 0. The average molecular weight is 243 g/mol. The van der Waals surface area contributed by atoms with Crippen LogP contribution in [0.1, 0.15) is 12.8 Å². The number of phenols is 1. The molecule has 0 radical (unpaired) electrons. The minimum atomic E-state index is -0.356. The van der Waals surface area contributed by atoms with Crippen LogP contribution in [0.4, 0.5) is 5.69 Å². The van der Waals surface area contributed by atoms with Crippen LogP contribution < -0.4 is 4.90 Å². The number of fused-ring (bicyclic) bond motifs is 1. The first-order chi connectivity index (χ1) is 8.70. The molecule has 1 aliphatic carbocycles. The standard InChI is InChI=1S/C14H13NO3/c16-12-8-4-3-7-11(12)15-13(17)9-5-1-2-6-10(9)14(15)18/h1,3-5,7-10,16H,2,6H2. The van der Waals surface area contributed by atoms with E-state index in [0.717, 1.165) is 11.3 Å². The van der Waals surface area contributed by atoms with Gasteiger partial charge in [0.05, 0.1) is 17.5 Å². The van der Waals surface area contributed by atoms with Crippen molar-refractivity contribution in [3.05, 3.63) is 36.4 Å². The van der Waals surface area contributed by atoms with Crippen molar-refractivity contribution in [2.24, 2.45) is 11.8 Å². The van der Waals surface area contributed by atoms with Crippen molar-refractivity contribution in [3.63, 3.8) is 0 Å². The largest absolute Gasteiger partial charge is 0.506 e. The second-order valence-electron chi connectivity index (χ2n) is 4.64. The number of allylic oxidation sites excluding steroid dienone is 1. The number of imide groups is 1. The number of anilines is 1. The predicted molar refractivity (Wildman–Crippen MR) is 66.0 cm³/mol. The van der Waals surface area contributed by atoms with Gasteiger partial charge in [-0.15, -0.1) is 0 Å². The first-order valence-electron chi connectivity index (χ1n) is 6.02. The Balaban J connectivity index is 2.04. The number of para-hydroxylation sites is 2. The van der Waals surface area contributed by atoms with Gasteiger partial charge in [0.1, 0.15) is 5.75 Å². The Morgan fingerprint density at radius 1 is 1.17 bits per heavy atom. The van der Waals surface area contributed by atoms with Gasteiger partial charge in [-0.05, 0) is 25.0 Å². The molecule has 0 spiro atoms. The van der Waals surface area contributed by atoms with Gasteiger partial charge < -0.3 is 5.11 Å². The number of hydrogen-bond donors (Lipinski definition) is 1. The zero-order valence-corrected chi connectivity index (χ0v) is 9.74. The highest BCUT2D eigenvalue weighted by Crippen LogP contribution is 2.39. The van der Waals surface area contributed by atoms with E-state index >= 15 is 0 Å². The summed E-state index contributed by atoms with van der Waals surface area (Å²) in [7, 11) is 0. The van der Waals surface area contributed by atoms with Gasteiger partial charge in [0.25, 0.3) is 0 Å². The molecule has 0 bridgehead atoms. The number of benzene rings is 1. The molecule has 1 aliphatic heterocycles. The molecule has 2 aliphatic rings. The van der Waals surface area contributed by atoms with Crippen LogP contribution in [0, 0.1) is 11.8 Å². The number of rotatable bonds is 1. The summed E-state index contributed by atoms with van der Waals surface area (Å²) >= 11 is 0. The Labute approximate surface area is 105 Å². The second-order valence-corrected chi connectivity index (χ2v) is 4.64. The Morgan fingerprint density at radius 3 is 2.67 bits per heavy atom. The molecule has 2 atom stereocenters. The molecule has 3 rings (SSSR count). The van der Waals surface area contributed by atoms with E-state index in [1.807, 2.05) is 12.2 Å². The van der Waals surface area contributed by atoms with Crippen LogP contribution in [0.2, 0.25) is 0 Å². The van der Waals surface area contributed by atoms with Crippen molar-refractivity contribution < 1.29 is 14.7 Å². The van der Waals surface area contributed by atoms with Crippen molar-refractivity contribution in [2.75, 3.05) is 4.90 Å². The molecular formula is C14H13NO3. The fraction of sp³-hybridized carbons (Fsp3) is 0.286. The Hall–Kier alpha value is -2.10. The monoisotopic (exact) mass is 243 g/mol. The third-order valence-electron chi connectivity index (χ3n) is 3.59. The van der Waals surface area contributed by atoms with Gasteiger partial charge in [0, 0.05) is 0 Å². The lowest BCUT2D eigenvalue weighted by Crippen LogP contribution is -2.30. The van der Waals surface area contributed by atoms with Crippen molar-refractivity contribution in [3.8, 4) is 5.75 Å². The second kappa shape index (κ2) is 3.98. The maximum absolute atomic E-state index is 12.3. The summed E-state index contributed by atoms with van der Waals surface area (Å²) in [6, 6.07) is 6.43. The molecule has 1 aromatic carbocycles. The van der Waals surface area contributed by atoms with E-state index in [4.69, 9.17) is 0 Å². The average Bonchev–Trinajstić information content (AvgIpc) is 2.64. The highest BCUT2D eigenvalue weighted by molar-refractivity contribution is 6.23. The summed E-state index contributed by atoms with van der Waals surface area (Å²) in [4.78, 5) is 25.6. The molecule has 0 aromatic heterocycles. The molecule has 92 valence electrons. The van der Waals surface area contributed by atoms with Crippen molar-refractivity contribution >= 4 is 17.5 Å². The first kappa shape index (κ1) is 11.0. The van der Waals surface area contributed by atoms with Gasteiger partial charge in [0.2, 0.25) is 11.8 Å². The van der Waals surface area contributed by atoms with E-state index in [9.17, 15) is 14.7 Å². The number of aromatic hydroxyl groups is 1. The lowest BCUT2D eigenvalue weighted by Gasteiger charge is -2.15. The number of nitrogens with zero attached hydrogens (tertiary/aromatic N) is 1. The third-order valence-corrected chi connectivity index (χ3v) is 3.59. The van der Waals surface area contributed by atoms with Crippen molar-refractivity contribution in [1.82, 2.24) is 0 Å². The Bertz CT molecular complexity index is 550. The molecule has 1 fully saturated rings. The summed E-state index contributed by atoms with van der Waals surface area (Å²) in [6.07, 6.45) is 5.29. The summed E-state index contributed by atoms with van der Waals surface area (Å²) in [5, 5.41) is 9.78. The number of carbonyl (C=O) groups excluding carboxylic acids is 2. The predicted octanol–water partition coefficient (Wildman–Crippen LogP) is 1.85. The van der Waals surface area contributed by atoms with Crippen LogP contribution in [0.5, 0.6) is 5.75 Å². The maximum Gasteiger partial charge on any atom is 0.241 e. The van der Waals surface area contributed by atoms with Crippen molar-refractivity contribution in [2.45, 2.75) is 12.8 Å². The first-order valence-corrected chi connectivity index (χ1v) is 6.02. The molecule has 1 saturated heterocycles. The van der Waals surface area contributed by atoms with Gasteiger partial charge in [-0.3, -0.25) is 9.59 Å².